The maximum atomic E-state index is 12.3. The lowest BCUT2D eigenvalue weighted by Crippen LogP contribution is -2.46. The molecular formula is C17H25NO5. The van der Waals surface area contributed by atoms with Gasteiger partial charge >= 0.3 is 0 Å². The highest BCUT2D eigenvalue weighted by Gasteiger charge is 2.27. The minimum atomic E-state index is -0.546. The van der Waals surface area contributed by atoms with E-state index in [1.165, 1.54) is 0 Å². The highest BCUT2D eigenvalue weighted by molar-refractivity contribution is 5.81. The minimum absolute atomic E-state index is 0.163. The molecule has 0 saturated heterocycles. The van der Waals surface area contributed by atoms with Crippen molar-refractivity contribution in [2.24, 2.45) is 0 Å². The van der Waals surface area contributed by atoms with Crippen LogP contribution in [0.1, 0.15) is 33.3 Å². The van der Waals surface area contributed by atoms with E-state index in [-0.39, 0.29) is 12.7 Å². The Morgan fingerprint density at radius 2 is 2.04 bits per heavy atom. The highest BCUT2D eigenvalue weighted by atomic mass is 16.7. The molecular weight excluding hydrogens is 298 g/mol. The summed E-state index contributed by atoms with van der Waals surface area (Å²) in [5.41, 5.74) is 0.395. The minimum Gasteiger partial charge on any atom is -0.454 e. The van der Waals surface area contributed by atoms with E-state index in [9.17, 15) is 4.79 Å². The third kappa shape index (κ3) is 4.59. The van der Waals surface area contributed by atoms with E-state index in [2.05, 4.69) is 5.32 Å². The predicted octanol–water partition coefficient (Wildman–Crippen LogP) is 2.21. The van der Waals surface area contributed by atoms with Crippen molar-refractivity contribution in [2.75, 3.05) is 26.6 Å². The van der Waals surface area contributed by atoms with Crippen molar-refractivity contribution in [1.29, 1.82) is 0 Å². The Hall–Kier alpha value is -1.79. The van der Waals surface area contributed by atoms with Gasteiger partial charge in [-0.15, -0.1) is 0 Å². The van der Waals surface area contributed by atoms with Gasteiger partial charge in [-0.1, -0.05) is 6.07 Å². The van der Waals surface area contributed by atoms with Crippen LogP contribution in [-0.4, -0.2) is 38.6 Å². The van der Waals surface area contributed by atoms with Crippen molar-refractivity contribution in [3.8, 4) is 11.5 Å². The molecule has 1 N–H and O–H groups in total. The average Bonchev–Trinajstić information content (AvgIpc) is 2.98. The Labute approximate surface area is 137 Å². The van der Waals surface area contributed by atoms with Crippen LogP contribution in [0.25, 0.3) is 0 Å². The molecule has 1 aromatic carbocycles. The average molecular weight is 323 g/mol. The van der Waals surface area contributed by atoms with Crippen LogP contribution in [-0.2, 0) is 19.8 Å². The summed E-state index contributed by atoms with van der Waals surface area (Å²) in [6.45, 7) is 9.29. The summed E-state index contributed by atoms with van der Waals surface area (Å²) < 4.78 is 21.4. The number of hydrogen-bond donors (Lipinski definition) is 1. The fourth-order valence-electron chi connectivity index (χ4n) is 2.27. The Kier molecular flexibility index (Phi) is 5.85. The van der Waals surface area contributed by atoms with Crippen LogP contribution in [0.3, 0.4) is 0 Å². The zero-order valence-corrected chi connectivity index (χ0v) is 14.2. The lowest BCUT2D eigenvalue weighted by atomic mass is 9.93. The van der Waals surface area contributed by atoms with Gasteiger partial charge in [-0.3, -0.25) is 4.79 Å². The molecule has 1 aromatic rings. The van der Waals surface area contributed by atoms with Gasteiger partial charge in [0.05, 0.1) is 18.8 Å². The number of amides is 1. The normalized spacial score (nSPS) is 14.6. The Balaban J connectivity index is 1.93. The molecule has 0 aromatic heterocycles. The summed E-state index contributed by atoms with van der Waals surface area (Å²) in [5, 5.41) is 3.00. The molecule has 6 nitrogen and oxygen atoms in total. The fourth-order valence-corrected chi connectivity index (χ4v) is 2.27. The molecule has 1 atom stereocenters. The fraction of sp³-hybridized carbons (Fsp3) is 0.588. The van der Waals surface area contributed by atoms with Crippen molar-refractivity contribution >= 4 is 5.91 Å². The first kappa shape index (κ1) is 17.6. The van der Waals surface area contributed by atoms with E-state index < -0.39 is 11.6 Å². The summed E-state index contributed by atoms with van der Waals surface area (Å²) in [7, 11) is 0. The largest absolute Gasteiger partial charge is 0.454 e. The number of hydrogen-bond acceptors (Lipinski definition) is 5. The quantitative estimate of drug-likeness (QED) is 0.743. The number of carbonyl (C=O) groups excluding carboxylic acids is 1. The molecule has 0 spiro atoms. The van der Waals surface area contributed by atoms with Gasteiger partial charge in [0.15, 0.2) is 11.5 Å². The molecule has 128 valence electrons. The lowest BCUT2D eigenvalue weighted by Gasteiger charge is -2.28. The Morgan fingerprint density at radius 1 is 1.30 bits per heavy atom. The van der Waals surface area contributed by atoms with Gasteiger partial charge in [0.25, 0.3) is 0 Å². The van der Waals surface area contributed by atoms with Gasteiger partial charge in [-0.2, -0.15) is 0 Å². The van der Waals surface area contributed by atoms with Crippen LogP contribution in [0.5, 0.6) is 11.5 Å². The van der Waals surface area contributed by atoms with Gasteiger partial charge in [-0.25, -0.2) is 0 Å². The number of carbonyl (C=O) groups is 1. The zero-order valence-electron chi connectivity index (χ0n) is 14.2. The maximum absolute atomic E-state index is 12.3. The molecule has 2 rings (SSSR count). The van der Waals surface area contributed by atoms with Crippen molar-refractivity contribution in [1.82, 2.24) is 5.32 Å². The van der Waals surface area contributed by atoms with Crippen molar-refractivity contribution in [3.05, 3.63) is 23.8 Å². The van der Waals surface area contributed by atoms with E-state index in [1.807, 2.05) is 39.0 Å². The Bertz CT molecular complexity index is 544. The number of nitrogens with one attached hydrogen (secondary N) is 1. The van der Waals surface area contributed by atoms with E-state index >= 15 is 0 Å². The first-order chi connectivity index (χ1) is 10.9. The van der Waals surface area contributed by atoms with Gasteiger partial charge in [0.2, 0.25) is 12.7 Å². The van der Waals surface area contributed by atoms with Crippen LogP contribution >= 0.6 is 0 Å². The third-order valence-corrected chi connectivity index (χ3v) is 3.70. The number of ether oxygens (including phenoxy) is 4. The molecule has 0 saturated carbocycles. The van der Waals surface area contributed by atoms with Crippen molar-refractivity contribution in [3.63, 3.8) is 0 Å². The molecule has 6 heteroatoms. The van der Waals surface area contributed by atoms with Gasteiger partial charge in [0.1, 0.15) is 6.10 Å². The van der Waals surface area contributed by atoms with E-state index in [0.29, 0.717) is 25.6 Å². The van der Waals surface area contributed by atoms with Crippen LogP contribution in [0.4, 0.5) is 0 Å². The van der Waals surface area contributed by atoms with E-state index in [4.69, 9.17) is 18.9 Å². The molecule has 0 aliphatic carbocycles. The molecule has 1 unspecified atom stereocenters. The molecule has 23 heavy (non-hydrogen) atoms. The molecule has 1 amide bonds. The Morgan fingerprint density at radius 3 is 2.78 bits per heavy atom. The second-order valence-electron chi connectivity index (χ2n) is 5.89. The monoisotopic (exact) mass is 323 g/mol. The van der Waals surface area contributed by atoms with E-state index in [0.717, 1.165) is 11.3 Å². The summed E-state index contributed by atoms with van der Waals surface area (Å²) in [4.78, 5) is 12.3. The number of fused-ring (bicyclic) bond motifs is 1. The van der Waals surface area contributed by atoms with Crippen molar-refractivity contribution in [2.45, 2.75) is 39.3 Å². The lowest BCUT2D eigenvalue weighted by molar-refractivity contribution is -0.134. The molecule has 1 aliphatic rings. The smallest absolute Gasteiger partial charge is 0.249 e. The van der Waals surface area contributed by atoms with Crippen LogP contribution in [0, 0.1) is 0 Å². The van der Waals surface area contributed by atoms with Gasteiger partial charge in [-0.05, 0) is 45.4 Å². The van der Waals surface area contributed by atoms with E-state index in [1.54, 1.807) is 6.92 Å². The third-order valence-electron chi connectivity index (χ3n) is 3.70. The first-order valence-corrected chi connectivity index (χ1v) is 7.85. The first-order valence-electron chi connectivity index (χ1n) is 7.85. The molecule has 1 aliphatic heterocycles. The molecule has 0 fully saturated rings. The standard InChI is InChI=1S/C17H25NO5/c1-5-20-8-9-21-12(2)16(19)18-17(3,4)13-6-7-14-15(10-13)23-11-22-14/h6-7,10,12H,5,8-9,11H2,1-4H3,(H,18,19). The van der Waals surface area contributed by atoms with Crippen LogP contribution < -0.4 is 14.8 Å². The summed E-state index contributed by atoms with van der Waals surface area (Å²) in [6, 6.07) is 5.67. The number of rotatable bonds is 8. The molecule has 0 radical (unpaired) electrons. The van der Waals surface area contributed by atoms with Crippen LogP contribution in [0.2, 0.25) is 0 Å². The molecule has 1 heterocycles. The predicted molar refractivity (Wildman–Crippen MR) is 85.6 cm³/mol. The number of benzene rings is 1. The maximum Gasteiger partial charge on any atom is 0.249 e. The molecule has 0 bridgehead atoms. The van der Waals surface area contributed by atoms with Gasteiger partial charge in [0, 0.05) is 6.61 Å². The second-order valence-corrected chi connectivity index (χ2v) is 5.89. The SMILES string of the molecule is CCOCCOC(C)C(=O)NC(C)(C)c1ccc2c(c1)OCO2. The summed E-state index contributed by atoms with van der Waals surface area (Å²) in [6.07, 6.45) is -0.538. The van der Waals surface area contributed by atoms with Crippen LogP contribution in [0.15, 0.2) is 18.2 Å². The summed E-state index contributed by atoms with van der Waals surface area (Å²) in [5.74, 6) is 1.26. The topological polar surface area (TPSA) is 66.0 Å². The summed E-state index contributed by atoms with van der Waals surface area (Å²) >= 11 is 0. The van der Waals surface area contributed by atoms with Crippen molar-refractivity contribution < 1.29 is 23.7 Å². The highest BCUT2D eigenvalue weighted by Crippen LogP contribution is 2.35. The van der Waals surface area contributed by atoms with Gasteiger partial charge < -0.3 is 24.3 Å². The zero-order chi connectivity index (χ0) is 16.9. The second kappa shape index (κ2) is 7.66.